The van der Waals surface area contributed by atoms with Gasteiger partial charge in [-0.05, 0) is 44.5 Å². The lowest BCUT2D eigenvalue weighted by molar-refractivity contribution is 0.143. The first-order chi connectivity index (χ1) is 9.26. The van der Waals surface area contributed by atoms with Crippen LogP contribution in [0.2, 0.25) is 0 Å². The smallest absolute Gasteiger partial charge is 0.0247 e. The maximum Gasteiger partial charge on any atom is 0.0247 e. The molecule has 0 saturated carbocycles. The zero-order valence-corrected chi connectivity index (χ0v) is 15.3. The Bertz CT molecular complexity index is 427. The molecule has 0 saturated heterocycles. The third-order valence-electron chi connectivity index (χ3n) is 4.14. The Morgan fingerprint density at radius 3 is 2.45 bits per heavy atom. The fraction of sp³-hybridized carbons (Fsp3) is 0.647. The molecule has 0 amide bonds. The number of benzene rings is 1. The Hall–Kier alpha value is -0.380. The molecule has 20 heavy (non-hydrogen) atoms. The van der Waals surface area contributed by atoms with Crippen LogP contribution in [-0.2, 0) is 13.1 Å². The minimum absolute atomic E-state index is 0.233. The zero-order chi connectivity index (χ0) is 15.3. The number of nitrogens with zero attached hydrogens (tertiary/aromatic N) is 1. The molecule has 3 heteroatoms. The summed E-state index contributed by atoms with van der Waals surface area (Å²) in [5, 5.41) is 3.45. The molecule has 114 valence electrons. The van der Waals surface area contributed by atoms with Gasteiger partial charge in [0, 0.05) is 29.1 Å². The number of halogens is 1. The van der Waals surface area contributed by atoms with Crippen molar-refractivity contribution in [1.82, 2.24) is 10.2 Å². The van der Waals surface area contributed by atoms with E-state index >= 15 is 0 Å². The average Bonchev–Trinajstić information content (AvgIpc) is 2.38. The van der Waals surface area contributed by atoms with Gasteiger partial charge in [-0.3, -0.25) is 4.90 Å². The monoisotopic (exact) mass is 340 g/mol. The minimum Gasteiger partial charge on any atom is -0.310 e. The molecule has 0 aromatic heterocycles. The van der Waals surface area contributed by atoms with Gasteiger partial charge < -0.3 is 5.32 Å². The molecule has 0 aliphatic heterocycles. The molecule has 0 radical (unpaired) electrons. The van der Waals surface area contributed by atoms with Crippen molar-refractivity contribution in [3.63, 3.8) is 0 Å². The predicted molar refractivity (Wildman–Crippen MR) is 92.0 cm³/mol. The second-order valence-corrected chi connectivity index (χ2v) is 7.34. The van der Waals surface area contributed by atoms with Gasteiger partial charge in [-0.15, -0.1) is 0 Å². The van der Waals surface area contributed by atoms with Crippen molar-refractivity contribution in [3.8, 4) is 0 Å². The van der Waals surface area contributed by atoms with Gasteiger partial charge in [-0.2, -0.15) is 0 Å². The number of hydrogen-bond acceptors (Lipinski definition) is 2. The molecular weight excluding hydrogens is 312 g/mol. The van der Waals surface area contributed by atoms with Crippen LogP contribution < -0.4 is 5.32 Å². The van der Waals surface area contributed by atoms with Crippen molar-refractivity contribution >= 4 is 15.9 Å². The van der Waals surface area contributed by atoms with E-state index in [-0.39, 0.29) is 5.54 Å². The van der Waals surface area contributed by atoms with Gasteiger partial charge in [0.25, 0.3) is 0 Å². The van der Waals surface area contributed by atoms with Crippen LogP contribution in [0.1, 0.15) is 52.2 Å². The molecule has 1 aromatic carbocycles. The Morgan fingerprint density at radius 2 is 1.95 bits per heavy atom. The molecule has 1 N–H and O–H groups in total. The van der Waals surface area contributed by atoms with Gasteiger partial charge in [0.2, 0.25) is 0 Å². The lowest BCUT2D eigenvalue weighted by Gasteiger charge is -2.35. The SMILES string of the molecule is CCC(C)(C)N(C)Cc1ccc(CNC(C)C)cc1Br. The largest absolute Gasteiger partial charge is 0.310 e. The Kier molecular flexibility index (Phi) is 6.70. The summed E-state index contributed by atoms with van der Waals surface area (Å²) in [5.74, 6) is 0. The first-order valence-electron chi connectivity index (χ1n) is 7.48. The molecule has 0 unspecified atom stereocenters. The summed E-state index contributed by atoms with van der Waals surface area (Å²) in [7, 11) is 2.20. The molecule has 1 rings (SSSR count). The molecule has 1 aromatic rings. The van der Waals surface area contributed by atoms with Crippen molar-refractivity contribution < 1.29 is 0 Å². The molecule has 0 aliphatic carbocycles. The normalized spacial score (nSPS) is 12.4. The maximum absolute atomic E-state index is 3.72. The molecule has 2 nitrogen and oxygen atoms in total. The highest BCUT2D eigenvalue weighted by Crippen LogP contribution is 2.24. The van der Waals surface area contributed by atoms with Crippen LogP contribution in [0.4, 0.5) is 0 Å². The Morgan fingerprint density at radius 1 is 1.30 bits per heavy atom. The maximum atomic E-state index is 3.72. The van der Waals surface area contributed by atoms with E-state index in [1.807, 2.05) is 0 Å². The third-order valence-corrected chi connectivity index (χ3v) is 4.88. The average molecular weight is 341 g/mol. The van der Waals surface area contributed by atoms with Crippen LogP contribution in [0.5, 0.6) is 0 Å². The van der Waals surface area contributed by atoms with Crippen molar-refractivity contribution in [2.24, 2.45) is 0 Å². The van der Waals surface area contributed by atoms with E-state index in [9.17, 15) is 0 Å². The first-order valence-corrected chi connectivity index (χ1v) is 8.27. The second-order valence-electron chi connectivity index (χ2n) is 6.48. The van der Waals surface area contributed by atoms with Crippen LogP contribution in [0, 0.1) is 0 Å². The van der Waals surface area contributed by atoms with E-state index in [1.165, 1.54) is 15.6 Å². The highest BCUT2D eigenvalue weighted by molar-refractivity contribution is 9.10. The fourth-order valence-electron chi connectivity index (χ4n) is 1.89. The van der Waals surface area contributed by atoms with Gasteiger partial charge in [0.05, 0.1) is 0 Å². The van der Waals surface area contributed by atoms with Crippen LogP contribution in [0.15, 0.2) is 22.7 Å². The first kappa shape index (κ1) is 17.7. The van der Waals surface area contributed by atoms with Gasteiger partial charge >= 0.3 is 0 Å². The topological polar surface area (TPSA) is 15.3 Å². The second kappa shape index (κ2) is 7.58. The van der Waals surface area contributed by atoms with Crippen molar-refractivity contribution in [2.45, 2.75) is 65.7 Å². The van der Waals surface area contributed by atoms with E-state index < -0.39 is 0 Å². The number of rotatable bonds is 7. The summed E-state index contributed by atoms with van der Waals surface area (Å²) in [4.78, 5) is 2.42. The molecule has 0 bridgehead atoms. The summed E-state index contributed by atoms with van der Waals surface area (Å²) < 4.78 is 1.21. The summed E-state index contributed by atoms with van der Waals surface area (Å²) in [5.41, 5.74) is 2.91. The van der Waals surface area contributed by atoms with Crippen molar-refractivity contribution in [1.29, 1.82) is 0 Å². The predicted octanol–water partition coefficient (Wildman–Crippen LogP) is 4.57. The fourth-order valence-corrected chi connectivity index (χ4v) is 2.44. The quantitative estimate of drug-likeness (QED) is 0.782. The minimum atomic E-state index is 0.233. The summed E-state index contributed by atoms with van der Waals surface area (Å²) in [6.45, 7) is 13.1. The van der Waals surface area contributed by atoms with E-state index in [0.717, 1.165) is 19.5 Å². The van der Waals surface area contributed by atoms with Gasteiger partial charge in [-0.1, -0.05) is 48.8 Å². The van der Waals surface area contributed by atoms with Crippen molar-refractivity contribution in [3.05, 3.63) is 33.8 Å². The highest BCUT2D eigenvalue weighted by atomic mass is 79.9. The Balaban J connectivity index is 2.73. The lowest BCUT2D eigenvalue weighted by Crippen LogP contribution is -2.39. The lowest BCUT2D eigenvalue weighted by atomic mass is 9.99. The number of hydrogen-bond donors (Lipinski definition) is 1. The van der Waals surface area contributed by atoms with Crippen LogP contribution in [0.25, 0.3) is 0 Å². The summed E-state index contributed by atoms with van der Waals surface area (Å²) in [6, 6.07) is 7.22. The zero-order valence-electron chi connectivity index (χ0n) is 13.8. The van der Waals surface area contributed by atoms with E-state index in [1.54, 1.807) is 0 Å². The van der Waals surface area contributed by atoms with Gasteiger partial charge in [0.1, 0.15) is 0 Å². The molecule has 0 fully saturated rings. The van der Waals surface area contributed by atoms with Crippen LogP contribution >= 0.6 is 15.9 Å². The molecule has 0 spiro atoms. The van der Waals surface area contributed by atoms with Crippen LogP contribution in [0.3, 0.4) is 0 Å². The van der Waals surface area contributed by atoms with Gasteiger partial charge in [0.15, 0.2) is 0 Å². The number of nitrogens with one attached hydrogen (secondary N) is 1. The third kappa shape index (κ3) is 5.19. The Labute approximate surface area is 133 Å². The summed E-state index contributed by atoms with van der Waals surface area (Å²) >= 11 is 3.72. The van der Waals surface area contributed by atoms with E-state index in [2.05, 4.69) is 86.0 Å². The molecular formula is C17H29BrN2. The van der Waals surface area contributed by atoms with E-state index in [4.69, 9.17) is 0 Å². The molecule has 0 aliphatic rings. The van der Waals surface area contributed by atoms with E-state index in [0.29, 0.717) is 6.04 Å². The molecule has 0 atom stereocenters. The summed E-state index contributed by atoms with van der Waals surface area (Å²) in [6.07, 6.45) is 1.15. The van der Waals surface area contributed by atoms with Gasteiger partial charge in [-0.25, -0.2) is 0 Å². The highest BCUT2D eigenvalue weighted by Gasteiger charge is 2.21. The van der Waals surface area contributed by atoms with Crippen LogP contribution in [-0.4, -0.2) is 23.5 Å². The standard InChI is InChI=1S/C17H29BrN2/c1-7-17(4,5)20(6)12-15-9-8-14(10-16(15)18)11-19-13(2)3/h8-10,13,19H,7,11-12H2,1-6H3. The van der Waals surface area contributed by atoms with Crippen molar-refractivity contribution in [2.75, 3.05) is 7.05 Å². The molecule has 0 heterocycles.